The number of rotatable bonds is 2. The van der Waals surface area contributed by atoms with Gasteiger partial charge in [-0.15, -0.1) is 0 Å². The Kier molecular flexibility index (Phi) is 2.91. The SMILES string of the molecule is Nc1cc(Oc2cccc(Br)c2)nc(N)n1. The fourth-order valence-corrected chi connectivity index (χ4v) is 1.54. The van der Waals surface area contributed by atoms with E-state index in [-0.39, 0.29) is 11.8 Å². The molecule has 0 unspecified atom stereocenters. The molecule has 1 heterocycles. The van der Waals surface area contributed by atoms with Crippen molar-refractivity contribution in [1.82, 2.24) is 9.97 Å². The summed E-state index contributed by atoms with van der Waals surface area (Å²) in [5.74, 6) is 1.33. The first-order valence-electron chi connectivity index (χ1n) is 4.47. The molecule has 0 saturated heterocycles. The van der Waals surface area contributed by atoms with Gasteiger partial charge in [0.25, 0.3) is 0 Å². The average molecular weight is 281 g/mol. The van der Waals surface area contributed by atoms with Crippen molar-refractivity contribution in [1.29, 1.82) is 0 Å². The Balaban J connectivity index is 2.27. The van der Waals surface area contributed by atoms with E-state index in [1.807, 2.05) is 18.2 Å². The third-order valence-corrected chi connectivity index (χ3v) is 2.25. The predicted molar refractivity (Wildman–Crippen MR) is 65.1 cm³/mol. The summed E-state index contributed by atoms with van der Waals surface area (Å²) in [6, 6.07) is 8.88. The number of benzene rings is 1. The second-order valence-electron chi connectivity index (χ2n) is 3.05. The molecule has 0 aliphatic rings. The monoisotopic (exact) mass is 280 g/mol. The summed E-state index contributed by atoms with van der Waals surface area (Å²) in [4.78, 5) is 7.66. The number of hydrogen-bond acceptors (Lipinski definition) is 5. The van der Waals surface area contributed by atoms with Crippen molar-refractivity contribution in [2.24, 2.45) is 0 Å². The van der Waals surface area contributed by atoms with E-state index in [0.717, 1.165) is 4.47 Å². The first-order valence-corrected chi connectivity index (χ1v) is 5.26. The molecule has 2 aromatic rings. The van der Waals surface area contributed by atoms with Crippen LogP contribution in [0.5, 0.6) is 11.6 Å². The normalized spacial score (nSPS) is 10.1. The highest BCUT2D eigenvalue weighted by Gasteiger charge is 2.02. The molecule has 6 heteroatoms. The minimum Gasteiger partial charge on any atom is -0.439 e. The summed E-state index contributed by atoms with van der Waals surface area (Å²) in [6.07, 6.45) is 0. The molecular weight excluding hydrogens is 272 g/mol. The summed E-state index contributed by atoms with van der Waals surface area (Å²) < 4.78 is 6.40. The molecule has 0 aliphatic heterocycles. The first-order chi connectivity index (χ1) is 7.63. The zero-order chi connectivity index (χ0) is 11.5. The van der Waals surface area contributed by atoms with E-state index in [0.29, 0.717) is 11.6 Å². The number of anilines is 2. The van der Waals surface area contributed by atoms with Gasteiger partial charge in [0.15, 0.2) is 0 Å². The minimum atomic E-state index is 0.0880. The fourth-order valence-electron chi connectivity index (χ4n) is 1.16. The Bertz CT molecular complexity index is 498. The summed E-state index contributed by atoms with van der Waals surface area (Å²) in [7, 11) is 0. The maximum atomic E-state index is 5.52. The van der Waals surface area contributed by atoms with Gasteiger partial charge in [0.05, 0.1) is 0 Å². The summed E-state index contributed by atoms with van der Waals surface area (Å²) in [6.45, 7) is 0. The van der Waals surface area contributed by atoms with E-state index in [4.69, 9.17) is 16.2 Å². The Morgan fingerprint density at radius 1 is 1.12 bits per heavy atom. The second-order valence-corrected chi connectivity index (χ2v) is 3.96. The third kappa shape index (κ3) is 2.60. The van der Waals surface area contributed by atoms with Crippen LogP contribution in [0.4, 0.5) is 11.8 Å². The summed E-state index contributed by atoms with van der Waals surface area (Å²) >= 11 is 3.34. The molecule has 4 N–H and O–H groups in total. The first kappa shape index (κ1) is 10.7. The fraction of sp³-hybridized carbons (Fsp3) is 0. The van der Waals surface area contributed by atoms with Gasteiger partial charge in [0.1, 0.15) is 11.6 Å². The molecule has 82 valence electrons. The van der Waals surface area contributed by atoms with Crippen LogP contribution in [0, 0.1) is 0 Å². The minimum absolute atomic E-state index is 0.0880. The zero-order valence-electron chi connectivity index (χ0n) is 8.22. The van der Waals surface area contributed by atoms with Crippen LogP contribution >= 0.6 is 15.9 Å². The molecule has 0 radical (unpaired) electrons. The number of hydrogen-bond donors (Lipinski definition) is 2. The molecule has 0 aliphatic carbocycles. The zero-order valence-corrected chi connectivity index (χ0v) is 9.81. The third-order valence-electron chi connectivity index (χ3n) is 1.76. The topological polar surface area (TPSA) is 87.0 Å². The van der Waals surface area contributed by atoms with Crippen LogP contribution in [-0.4, -0.2) is 9.97 Å². The van der Waals surface area contributed by atoms with Crippen molar-refractivity contribution >= 4 is 27.7 Å². The molecular formula is C10H9BrN4O. The molecule has 0 bridgehead atoms. The number of halogens is 1. The van der Waals surface area contributed by atoms with Crippen molar-refractivity contribution in [2.75, 3.05) is 11.5 Å². The maximum Gasteiger partial charge on any atom is 0.226 e. The highest BCUT2D eigenvalue weighted by atomic mass is 79.9. The maximum absolute atomic E-state index is 5.52. The Morgan fingerprint density at radius 2 is 1.94 bits per heavy atom. The van der Waals surface area contributed by atoms with Gasteiger partial charge in [-0.3, -0.25) is 0 Å². The van der Waals surface area contributed by atoms with Crippen LogP contribution in [0.1, 0.15) is 0 Å². The van der Waals surface area contributed by atoms with Gasteiger partial charge in [-0.1, -0.05) is 22.0 Å². The van der Waals surface area contributed by atoms with Gasteiger partial charge in [-0.05, 0) is 18.2 Å². The van der Waals surface area contributed by atoms with Crippen molar-refractivity contribution in [3.63, 3.8) is 0 Å². The molecule has 0 saturated carbocycles. The number of nitrogen functional groups attached to an aromatic ring is 2. The number of nitrogens with two attached hydrogens (primary N) is 2. The van der Waals surface area contributed by atoms with Crippen molar-refractivity contribution in [3.05, 3.63) is 34.8 Å². The molecule has 0 amide bonds. The highest BCUT2D eigenvalue weighted by Crippen LogP contribution is 2.24. The van der Waals surface area contributed by atoms with E-state index in [2.05, 4.69) is 25.9 Å². The Hall–Kier alpha value is -1.82. The molecule has 5 nitrogen and oxygen atoms in total. The van der Waals surface area contributed by atoms with E-state index >= 15 is 0 Å². The van der Waals surface area contributed by atoms with Crippen LogP contribution in [0.3, 0.4) is 0 Å². The number of aromatic nitrogens is 2. The van der Waals surface area contributed by atoms with Gasteiger partial charge in [-0.25, -0.2) is 0 Å². The van der Waals surface area contributed by atoms with Crippen molar-refractivity contribution in [2.45, 2.75) is 0 Å². The number of ether oxygens (including phenoxy) is 1. The van der Waals surface area contributed by atoms with E-state index < -0.39 is 0 Å². The van der Waals surface area contributed by atoms with Crippen LogP contribution in [0.25, 0.3) is 0 Å². The average Bonchev–Trinajstić information content (AvgIpc) is 2.15. The lowest BCUT2D eigenvalue weighted by atomic mass is 10.3. The standard InChI is InChI=1S/C10H9BrN4O/c11-6-2-1-3-7(4-6)16-9-5-8(12)14-10(13)15-9/h1-5H,(H4,12,13,14,15). The van der Waals surface area contributed by atoms with E-state index in [1.165, 1.54) is 6.07 Å². The molecule has 0 fully saturated rings. The number of nitrogens with zero attached hydrogens (tertiary/aromatic N) is 2. The van der Waals surface area contributed by atoms with Crippen molar-refractivity contribution in [3.8, 4) is 11.6 Å². The molecule has 1 aromatic heterocycles. The second kappa shape index (κ2) is 4.36. The molecule has 0 spiro atoms. The summed E-state index contributed by atoms with van der Waals surface area (Å²) in [5.41, 5.74) is 11.0. The molecule has 1 aromatic carbocycles. The van der Waals surface area contributed by atoms with Gasteiger partial charge in [0.2, 0.25) is 11.8 Å². The largest absolute Gasteiger partial charge is 0.439 e. The lowest BCUT2D eigenvalue weighted by Gasteiger charge is -2.05. The predicted octanol–water partition coefficient (Wildman–Crippen LogP) is 2.20. The van der Waals surface area contributed by atoms with Gasteiger partial charge in [-0.2, -0.15) is 9.97 Å². The van der Waals surface area contributed by atoms with Crippen molar-refractivity contribution < 1.29 is 4.74 Å². The lowest BCUT2D eigenvalue weighted by molar-refractivity contribution is 0.463. The quantitative estimate of drug-likeness (QED) is 0.881. The highest BCUT2D eigenvalue weighted by molar-refractivity contribution is 9.10. The van der Waals surface area contributed by atoms with Crippen LogP contribution in [0.15, 0.2) is 34.8 Å². The molecule has 16 heavy (non-hydrogen) atoms. The Labute approximate surface area is 101 Å². The molecule has 2 rings (SSSR count). The van der Waals surface area contributed by atoms with Gasteiger partial charge >= 0.3 is 0 Å². The van der Waals surface area contributed by atoms with Crippen LogP contribution in [-0.2, 0) is 0 Å². The van der Waals surface area contributed by atoms with E-state index in [9.17, 15) is 0 Å². The molecule has 0 atom stereocenters. The van der Waals surface area contributed by atoms with Crippen LogP contribution in [0.2, 0.25) is 0 Å². The Morgan fingerprint density at radius 3 is 2.62 bits per heavy atom. The van der Waals surface area contributed by atoms with Gasteiger partial charge < -0.3 is 16.2 Å². The summed E-state index contributed by atoms with van der Waals surface area (Å²) in [5, 5.41) is 0. The smallest absolute Gasteiger partial charge is 0.226 e. The van der Waals surface area contributed by atoms with E-state index in [1.54, 1.807) is 6.07 Å². The lowest BCUT2D eigenvalue weighted by Crippen LogP contribution is -2.00. The van der Waals surface area contributed by atoms with Crippen LogP contribution < -0.4 is 16.2 Å². The van der Waals surface area contributed by atoms with Gasteiger partial charge in [0, 0.05) is 10.5 Å².